The molecule has 7 heteroatoms. The van der Waals surface area contributed by atoms with Gasteiger partial charge in [0.1, 0.15) is 5.38 Å². The summed E-state index contributed by atoms with van der Waals surface area (Å²) in [4.78, 5) is -4.32. The molecule has 0 saturated heterocycles. The van der Waals surface area contributed by atoms with E-state index in [1.807, 2.05) is 0 Å². The first kappa shape index (κ1) is 11.8. The summed E-state index contributed by atoms with van der Waals surface area (Å²) >= 11 is 11.2. The number of halogens is 7. The van der Waals surface area contributed by atoms with Crippen molar-refractivity contribution in [2.24, 2.45) is 0 Å². The molecule has 0 aromatic rings. The van der Waals surface area contributed by atoms with Gasteiger partial charge in [0.2, 0.25) is 0 Å². The first-order chi connectivity index (χ1) is 4.73. The maximum Gasteiger partial charge on any atom is 0.364 e. The molecule has 0 amide bonds. The molecule has 0 radical (unpaired) electrons. The van der Waals surface area contributed by atoms with E-state index in [9.17, 15) is 17.6 Å². The molecule has 0 aliphatic carbocycles. The molecule has 0 aliphatic rings. The number of hydrogen-bond acceptors (Lipinski definition) is 0. The van der Waals surface area contributed by atoms with Crippen LogP contribution in [0.2, 0.25) is 0 Å². The fraction of sp³-hybridized carbons (Fsp3) is 1.00. The molecule has 0 N–H and O–H groups in total. The lowest BCUT2D eigenvalue weighted by Gasteiger charge is -2.24. The minimum absolute atomic E-state index is 0.740. The van der Waals surface area contributed by atoms with Crippen LogP contribution in [-0.4, -0.2) is 22.0 Å². The Labute approximate surface area is 79.0 Å². The highest BCUT2D eigenvalue weighted by Gasteiger charge is 2.58. The topological polar surface area (TPSA) is 0 Å². The number of alkyl halides is 7. The molecule has 0 aromatic carbocycles. The molecule has 11 heavy (non-hydrogen) atoms. The van der Waals surface area contributed by atoms with Crippen molar-refractivity contribution < 1.29 is 17.6 Å². The molecular weight excluding hydrogens is 275 g/mol. The van der Waals surface area contributed by atoms with Crippen molar-refractivity contribution in [3.05, 3.63) is 0 Å². The van der Waals surface area contributed by atoms with E-state index in [4.69, 9.17) is 23.2 Å². The Balaban J connectivity index is 4.45. The van der Waals surface area contributed by atoms with Gasteiger partial charge >= 0.3 is 10.8 Å². The maximum atomic E-state index is 12.3. The summed E-state index contributed by atoms with van der Waals surface area (Å²) in [6, 6.07) is 0. The molecule has 1 unspecified atom stereocenters. The van der Waals surface area contributed by atoms with Crippen molar-refractivity contribution in [2.75, 3.05) is 5.88 Å². The van der Waals surface area contributed by atoms with Crippen LogP contribution in [0.1, 0.15) is 0 Å². The Hall–Kier alpha value is 0.780. The predicted octanol–water partition coefficient (Wildman–Crippen LogP) is 3.46. The van der Waals surface area contributed by atoms with Gasteiger partial charge in [-0.15, -0.1) is 23.2 Å². The standard InChI is InChI=1S/C4H3BrCl2F4/c5-4(10,11)3(8,9)2(7)1-6/h2H,1H2. The fourth-order valence-corrected chi connectivity index (χ4v) is 1.01. The zero-order valence-electron chi connectivity index (χ0n) is 4.93. The summed E-state index contributed by atoms with van der Waals surface area (Å²) in [6.07, 6.45) is 0. The van der Waals surface area contributed by atoms with Gasteiger partial charge in [0, 0.05) is 5.88 Å². The third-order valence-corrected chi connectivity index (χ3v) is 2.33. The molecule has 68 valence electrons. The van der Waals surface area contributed by atoms with E-state index in [1.165, 1.54) is 15.9 Å². The normalized spacial score (nSPS) is 16.6. The summed E-state index contributed by atoms with van der Waals surface area (Å²) in [6.45, 7) is 0. The van der Waals surface area contributed by atoms with Crippen LogP contribution in [0.5, 0.6) is 0 Å². The average Bonchev–Trinajstić information content (AvgIpc) is 1.83. The van der Waals surface area contributed by atoms with Gasteiger partial charge in [-0.1, -0.05) is 0 Å². The Morgan fingerprint density at radius 1 is 1.27 bits per heavy atom. The zero-order chi connectivity index (χ0) is 9.28. The van der Waals surface area contributed by atoms with Crippen LogP contribution in [0.3, 0.4) is 0 Å². The lowest BCUT2D eigenvalue weighted by atomic mass is 10.2. The Kier molecular flexibility index (Phi) is 3.92. The quantitative estimate of drug-likeness (QED) is 0.548. The van der Waals surface area contributed by atoms with Crippen molar-refractivity contribution in [3.63, 3.8) is 0 Å². The summed E-state index contributed by atoms with van der Waals surface area (Å²) in [7, 11) is 0. The highest BCUT2D eigenvalue weighted by atomic mass is 79.9. The van der Waals surface area contributed by atoms with Gasteiger partial charge in [-0.3, -0.25) is 0 Å². The van der Waals surface area contributed by atoms with E-state index < -0.39 is 22.0 Å². The van der Waals surface area contributed by atoms with Crippen LogP contribution < -0.4 is 0 Å². The van der Waals surface area contributed by atoms with E-state index in [1.54, 1.807) is 0 Å². The Bertz CT molecular complexity index is 135. The molecule has 1 atom stereocenters. The van der Waals surface area contributed by atoms with Gasteiger partial charge in [0.05, 0.1) is 0 Å². The molecule has 0 bridgehead atoms. The largest absolute Gasteiger partial charge is 0.364 e. The fourth-order valence-electron chi connectivity index (χ4n) is 0.274. The predicted molar refractivity (Wildman–Crippen MR) is 39.2 cm³/mol. The number of hydrogen-bond donors (Lipinski definition) is 0. The van der Waals surface area contributed by atoms with Crippen LogP contribution in [-0.2, 0) is 0 Å². The van der Waals surface area contributed by atoms with E-state index in [-0.39, 0.29) is 0 Å². The first-order valence-corrected chi connectivity index (χ1v) is 4.14. The average molecular weight is 278 g/mol. The van der Waals surface area contributed by atoms with Crippen molar-refractivity contribution in [3.8, 4) is 0 Å². The molecule has 0 spiro atoms. The van der Waals surface area contributed by atoms with E-state index in [0.717, 1.165) is 0 Å². The molecule has 0 aliphatic heterocycles. The molecule has 0 saturated carbocycles. The Morgan fingerprint density at radius 2 is 1.64 bits per heavy atom. The van der Waals surface area contributed by atoms with E-state index >= 15 is 0 Å². The monoisotopic (exact) mass is 276 g/mol. The third kappa shape index (κ3) is 2.63. The van der Waals surface area contributed by atoms with Crippen LogP contribution >= 0.6 is 39.1 Å². The number of rotatable bonds is 3. The molecular formula is C4H3BrCl2F4. The molecule has 0 nitrogen and oxygen atoms in total. The second-order valence-electron chi connectivity index (χ2n) is 1.74. The first-order valence-electron chi connectivity index (χ1n) is 2.38. The van der Waals surface area contributed by atoms with Crippen LogP contribution in [0.25, 0.3) is 0 Å². The smallest absolute Gasteiger partial charge is 0.197 e. The second kappa shape index (κ2) is 3.66. The van der Waals surface area contributed by atoms with Crippen molar-refractivity contribution in [1.29, 1.82) is 0 Å². The highest BCUT2D eigenvalue weighted by molar-refractivity contribution is 9.10. The molecule has 0 fully saturated rings. The van der Waals surface area contributed by atoms with Gasteiger partial charge in [0.25, 0.3) is 0 Å². The summed E-state index contributed by atoms with van der Waals surface area (Å²) < 4.78 is 48.5. The van der Waals surface area contributed by atoms with E-state index in [2.05, 4.69) is 0 Å². The van der Waals surface area contributed by atoms with Gasteiger partial charge < -0.3 is 0 Å². The lowest BCUT2D eigenvalue weighted by molar-refractivity contribution is -0.144. The molecule has 0 heterocycles. The second-order valence-corrected chi connectivity index (χ2v) is 3.57. The van der Waals surface area contributed by atoms with Gasteiger partial charge in [-0.05, 0) is 15.9 Å². The van der Waals surface area contributed by atoms with Crippen LogP contribution in [0.15, 0.2) is 0 Å². The molecule has 0 aromatic heterocycles. The maximum absolute atomic E-state index is 12.3. The van der Waals surface area contributed by atoms with Crippen molar-refractivity contribution in [2.45, 2.75) is 16.1 Å². The molecule has 0 rings (SSSR count). The van der Waals surface area contributed by atoms with Gasteiger partial charge in [-0.25, -0.2) is 0 Å². The highest BCUT2D eigenvalue weighted by Crippen LogP contribution is 2.43. The van der Waals surface area contributed by atoms with Crippen molar-refractivity contribution >= 4 is 39.1 Å². The SMILES string of the molecule is FC(F)(Br)C(F)(F)C(Cl)CCl. The Morgan fingerprint density at radius 3 is 1.73 bits per heavy atom. The summed E-state index contributed by atoms with van der Waals surface area (Å²) in [5.74, 6) is -5.08. The minimum Gasteiger partial charge on any atom is -0.197 e. The third-order valence-electron chi connectivity index (χ3n) is 0.907. The van der Waals surface area contributed by atoms with Crippen molar-refractivity contribution in [1.82, 2.24) is 0 Å². The minimum atomic E-state index is -4.34. The van der Waals surface area contributed by atoms with Gasteiger partial charge in [-0.2, -0.15) is 17.6 Å². The zero-order valence-corrected chi connectivity index (χ0v) is 8.03. The summed E-state index contributed by atoms with van der Waals surface area (Å²) in [5.41, 5.74) is 0. The van der Waals surface area contributed by atoms with Gasteiger partial charge in [0.15, 0.2) is 0 Å². The summed E-state index contributed by atoms with van der Waals surface area (Å²) in [5, 5.41) is -2.08. The van der Waals surface area contributed by atoms with E-state index in [0.29, 0.717) is 0 Å². The van der Waals surface area contributed by atoms with Crippen LogP contribution in [0.4, 0.5) is 17.6 Å². The van der Waals surface area contributed by atoms with Crippen LogP contribution in [0, 0.1) is 0 Å². The lowest BCUT2D eigenvalue weighted by Crippen LogP contribution is -2.44.